The third-order valence-electron chi connectivity index (χ3n) is 5.47. The molecule has 38 heavy (non-hydrogen) atoms. The fourth-order valence-corrected chi connectivity index (χ4v) is 4.37. The minimum atomic E-state index is -5.01. The van der Waals surface area contributed by atoms with Gasteiger partial charge < -0.3 is 10.2 Å². The number of aliphatic hydroxyl groups is 2. The summed E-state index contributed by atoms with van der Waals surface area (Å²) in [6, 6.07) is 9.33. The van der Waals surface area contributed by atoms with Crippen molar-refractivity contribution in [2.24, 2.45) is 0 Å². The van der Waals surface area contributed by atoms with E-state index >= 15 is 0 Å². The lowest BCUT2D eigenvalue weighted by atomic mass is 10.1. The molecule has 0 saturated heterocycles. The minimum Gasteiger partial charge on any atom is -0.385 e. The summed E-state index contributed by atoms with van der Waals surface area (Å²) in [5, 5.41) is 24.0. The van der Waals surface area contributed by atoms with Gasteiger partial charge in [-0.2, -0.15) is 13.2 Å². The smallest absolute Gasteiger partial charge is 0.385 e. The van der Waals surface area contributed by atoms with Gasteiger partial charge in [-0.3, -0.25) is 9.13 Å². The summed E-state index contributed by atoms with van der Waals surface area (Å²) in [6.45, 7) is -0.200. The van der Waals surface area contributed by atoms with Crippen LogP contribution in [0.3, 0.4) is 0 Å². The molecule has 2 aromatic carbocycles. The van der Waals surface area contributed by atoms with Crippen molar-refractivity contribution in [1.82, 2.24) is 23.9 Å². The van der Waals surface area contributed by atoms with Crippen molar-refractivity contribution in [1.29, 1.82) is 0 Å². The van der Waals surface area contributed by atoms with E-state index in [9.17, 15) is 32.6 Å². The van der Waals surface area contributed by atoms with Gasteiger partial charge in [-0.25, -0.2) is 18.9 Å². The van der Waals surface area contributed by atoms with Gasteiger partial charge in [-0.1, -0.05) is 46.9 Å². The van der Waals surface area contributed by atoms with Gasteiger partial charge in [0.15, 0.2) is 17.8 Å². The molecule has 15 heteroatoms. The van der Waals surface area contributed by atoms with Crippen LogP contribution < -0.4 is 5.69 Å². The summed E-state index contributed by atoms with van der Waals surface area (Å²) in [5.74, 6) is -0.780. The topological polar surface area (TPSA) is 98.1 Å². The van der Waals surface area contributed by atoms with E-state index in [1.54, 1.807) is 0 Å². The van der Waals surface area contributed by atoms with Crippen LogP contribution in [0.2, 0.25) is 15.2 Å². The van der Waals surface area contributed by atoms with Crippen molar-refractivity contribution >= 4 is 34.8 Å². The van der Waals surface area contributed by atoms with E-state index < -0.39 is 43.0 Å². The summed E-state index contributed by atoms with van der Waals surface area (Å²) in [5.41, 5.74) is -0.730. The largest absolute Gasteiger partial charge is 0.416 e. The van der Waals surface area contributed by atoms with Crippen LogP contribution in [0, 0.1) is 5.82 Å². The Labute approximate surface area is 227 Å². The van der Waals surface area contributed by atoms with Crippen LogP contribution in [-0.4, -0.2) is 46.4 Å². The van der Waals surface area contributed by atoms with Crippen LogP contribution in [0.15, 0.2) is 47.3 Å². The molecule has 1 unspecified atom stereocenters. The molecule has 0 amide bonds. The molecule has 202 valence electrons. The monoisotopic (exact) mass is 593 g/mol. The Kier molecular flexibility index (Phi) is 7.91. The van der Waals surface area contributed by atoms with Crippen LogP contribution in [0.1, 0.15) is 24.7 Å². The van der Waals surface area contributed by atoms with E-state index in [0.717, 1.165) is 21.4 Å². The summed E-state index contributed by atoms with van der Waals surface area (Å²) in [4.78, 5) is 17.6. The zero-order chi connectivity index (χ0) is 27.9. The van der Waals surface area contributed by atoms with Crippen LogP contribution in [0.4, 0.5) is 17.6 Å². The molecular formula is C23H18Cl3F4N5O3. The second-order valence-electron chi connectivity index (χ2n) is 8.28. The summed E-state index contributed by atoms with van der Waals surface area (Å²) in [7, 11) is 0. The molecule has 2 N–H and O–H groups in total. The van der Waals surface area contributed by atoms with E-state index in [1.165, 1.54) is 37.3 Å². The maximum atomic E-state index is 14.1. The second-order valence-corrected chi connectivity index (χ2v) is 9.52. The van der Waals surface area contributed by atoms with Crippen molar-refractivity contribution in [3.63, 3.8) is 0 Å². The van der Waals surface area contributed by atoms with Crippen molar-refractivity contribution in [2.45, 2.75) is 38.4 Å². The number of halogens is 7. The first-order valence-corrected chi connectivity index (χ1v) is 12.0. The van der Waals surface area contributed by atoms with Gasteiger partial charge in [0.25, 0.3) is 0 Å². The van der Waals surface area contributed by atoms with E-state index in [-0.39, 0.29) is 38.8 Å². The number of imidazole rings is 1. The standard InChI is InChI=1S/C23H18Cl3F4N5O3/c1-11(36)21-31-18(35(32-21)16-7-14(25)6-15(27)8-16)10-34-20(26)19(12-2-4-13(24)5-3-12)33(22(34)38)9-17(37)23(28,29)30/h2-8,11,17,36-37H,9-10H2,1H3/t11-,17?/m0/s1. The van der Waals surface area contributed by atoms with Crippen LogP contribution in [-0.2, 0) is 13.1 Å². The Morgan fingerprint density at radius 1 is 1.00 bits per heavy atom. The molecule has 8 nitrogen and oxygen atoms in total. The van der Waals surface area contributed by atoms with E-state index in [2.05, 4.69) is 10.1 Å². The number of aromatic nitrogens is 5. The zero-order valence-electron chi connectivity index (χ0n) is 19.3. The Morgan fingerprint density at radius 3 is 2.24 bits per heavy atom. The molecule has 0 spiro atoms. The van der Waals surface area contributed by atoms with Gasteiger partial charge >= 0.3 is 11.9 Å². The van der Waals surface area contributed by atoms with Crippen molar-refractivity contribution < 1.29 is 27.8 Å². The quantitative estimate of drug-likeness (QED) is 0.293. The van der Waals surface area contributed by atoms with Crippen molar-refractivity contribution in [3.8, 4) is 16.9 Å². The lowest BCUT2D eigenvalue weighted by Gasteiger charge is -2.16. The maximum absolute atomic E-state index is 14.1. The molecule has 0 aliphatic heterocycles. The first-order chi connectivity index (χ1) is 17.8. The molecule has 0 fully saturated rings. The van der Waals surface area contributed by atoms with Crippen molar-refractivity contribution in [3.05, 3.63) is 85.6 Å². The van der Waals surface area contributed by atoms with Crippen LogP contribution in [0.25, 0.3) is 16.9 Å². The van der Waals surface area contributed by atoms with E-state index in [1.807, 2.05) is 0 Å². The van der Waals surface area contributed by atoms with Gasteiger partial charge in [0.1, 0.15) is 17.1 Å². The van der Waals surface area contributed by atoms with Gasteiger partial charge in [-0.05, 0) is 37.3 Å². The van der Waals surface area contributed by atoms with Gasteiger partial charge in [0.05, 0.1) is 24.5 Å². The second kappa shape index (κ2) is 10.7. The first-order valence-electron chi connectivity index (χ1n) is 10.9. The molecule has 0 aliphatic rings. The predicted octanol–water partition coefficient (Wildman–Crippen LogP) is 5.02. The molecule has 4 rings (SSSR count). The average molecular weight is 595 g/mol. The third kappa shape index (κ3) is 5.74. The lowest BCUT2D eigenvalue weighted by molar-refractivity contribution is -0.207. The van der Waals surface area contributed by atoms with Gasteiger partial charge in [0, 0.05) is 15.6 Å². The summed E-state index contributed by atoms with van der Waals surface area (Å²) < 4.78 is 56.3. The third-order valence-corrected chi connectivity index (χ3v) is 6.32. The highest BCUT2D eigenvalue weighted by Crippen LogP contribution is 2.31. The molecular weight excluding hydrogens is 577 g/mol. The zero-order valence-corrected chi connectivity index (χ0v) is 21.6. The number of hydrogen-bond donors (Lipinski definition) is 2. The summed E-state index contributed by atoms with van der Waals surface area (Å²) in [6.07, 6.45) is -9.02. The number of hydrogen-bond acceptors (Lipinski definition) is 5. The van der Waals surface area contributed by atoms with Gasteiger partial charge in [0.2, 0.25) is 0 Å². The number of benzene rings is 2. The Morgan fingerprint density at radius 2 is 1.66 bits per heavy atom. The normalized spacial score (nSPS) is 13.6. The summed E-state index contributed by atoms with van der Waals surface area (Å²) >= 11 is 18.4. The Balaban J connectivity index is 1.89. The Hall–Kier alpha value is -2.90. The van der Waals surface area contributed by atoms with E-state index in [0.29, 0.717) is 9.59 Å². The van der Waals surface area contributed by atoms with Gasteiger partial charge in [-0.15, -0.1) is 5.10 Å². The number of alkyl halides is 3. The fourth-order valence-electron chi connectivity index (χ4n) is 3.68. The molecule has 2 atom stereocenters. The molecule has 0 radical (unpaired) electrons. The number of nitrogens with zero attached hydrogens (tertiary/aromatic N) is 5. The minimum absolute atomic E-state index is 0.0113. The highest BCUT2D eigenvalue weighted by atomic mass is 35.5. The van der Waals surface area contributed by atoms with Crippen molar-refractivity contribution in [2.75, 3.05) is 0 Å². The van der Waals surface area contributed by atoms with Crippen LogP contribution >= 0.6 is 34.8 Å². The lowest BCUT2D eigenvalue weighted by Crippen LogP contribution is -2.37. The maximum Gasteiger partial charge on any atom is 0.416 e. The predicted molar refractivity (Wildman–Crippen MR) is 132 cm³/mol. The number of aliphatic hydroxyl groups excluding tert-OH is 2. The number of rotatable bonds is 7. The molecule has 4 aromatic rings. The van der Waals surface area contributed by atoms with Crippen LogP contribution in [0.5, 0.6) is 0 Å². The first kappa shape index (κ1) is 28.1. The highest BCUT2D eigenvalue weighted by molar-refractivity contribution is 6.32. The molecule has 0 saturated carbocycles. The molecule has 2 aromatic heterocycles. The SMILES string of the molecule is C[C@H](O)c1nc(Cn2c(Cl)c(-c3ccc(Cl)cc3)n(CC(O)C(F)(F)F)c2=O)n(-c2cc(F)cc(Cl)c2)n1. The van der Waals surface area contributed by atoms with E-state index in [4.69, 9.17) is 34.8 Å². The average Bonchev–Trinajstić information content (AvgIpc) is 3.34. The highest BCUT2D eigenvalue weighted by Gasteiger charge is 2.39. The Bertz CT molecular complexity index is 1510. The molecule has 0 aliphatic carbocycles. The fraction of sp³-hybridized carbons (Fsp3) is 0.261. The molecule has 2 heterocycles. The molecule has 0 bridgehead atoms.